The lowest BCUT2D eigenvalue weighted by molar-refractivity contribution is -0.116. The molecular weight excluding hydrogens is 218 g/mol. The zero-order valence-corrected chi connectivity index (χ0v) is 9.67. The lowest BCUT2D eigenvalue weighted by Crippen LogP contribution is -2.32. The van der Waals surface area contributed by atoms with Crippen LogP contribution in [0.3, 0.4) is 0 Å². The Hall–Kier alpha value is -2.04. The van der Waals surface area contributed by atoms with Gasteiger partial charge in [-0.1, -0.05) is 12.1 Å². The first-order valence-electron chi connectivity index (χ1n) is 5.56. The summed E-state index contributed by atoms with van der Waals surface area (Å²) < 4.78 is 0. The van der Waals surface area contributed by atoms with E-state index in [9.17, 15) is 9.59 Å². The Balaban J connectivity index is 2.06. The number of carbonyl (C=O) groups excluding carboxylic acids is 2. The fourth-order valence-electron chi connectivity index (χ4n) is 1.82. The van der Waals surface area contributed by atoms with E-state index in [-0.39, 0.29) is 11.9 Å². The van der Waals surface area contributed by atoms with Crippen molar-refractivity contribution in [2.75, 3.05) is 12.4 Å². The predicted molar refractivity (Wildman–Crippen MR) is 64.7 cm³/mol. The van der Waals surface area contributed by atoms with Gasteiger partial charge >= 0.3 is 6.03 Å². The van der Waals surface area contributed by atoms with E-state index in [1.165, 1.54) is 0 Å². The van der Waals surface area contributed by atoms with Crippen molar-refractivity contribution in [3.63, 3.8) is 0 Å². The van der Waals surface area contributed by atoms with E-state index in [1.807, 2.05) is 18.2 Å². The third-order valence-electron chi connectivity index (χ3n) is 2.75. The SMILES string of the molecule is CNC(=O)NCc1ccc2c(c1)CCC(=O)N2. The highest BCUT2D eigenvalue weighted by atomic mass is 16.2. The van der Waals surface area contributed by atoms with Crippen LogP contribution in [0.15, 0.2) is 18.2 Å². The van der Waals surface area contributed by atoms with Gasteiger partial charge in [0, 0.05) is 25.7 Å². The van der Waals surface area contributed by atoms with Crippen LogP contribution >= 0.6 is 0 Å². The number of rotatable bonds is 2. The predicted octanol–water partition coefficient (Wildman–Crippen LogP) is 1.00. The largest absolute Gasteiger partial charge is 0.341 e. The van der Waals surface area contributed by atoms with Crippen molar-refractivity contribution < 1.29 is 9.59 Å². The van der Waals surface area contributed by atoms with Crippen LogP contribution < -0.4 is 16.0 Å². The van der Waals surface area contributed by atoms with Gasteiger partial charge in [-0.05, 0) is 23.6 Å². The summed E-state index contributed by atoms with van der Waals surface area (Å²) in [5, 5.41) is 8.05. The second-order valence-electron chi connectivity index (χ2n) is 3.97. The number of aryl methyl sites for hydroxylation is 1. The number of carbonyl (C=O) groups is 2. The molecule has 90 valence electrons. The van der Waals surface area contributed by atoms with E-state index in [1.54, 1.807) is 7.05 Å². The molecule has 1 aromatic rings. The summed E-state index contributed by atoms with van der Waals surface area (Å²) in [6.07, 6.45) is 1.29. The number of fused-ring (bicyclic) bond motifs is 1. The van der Waals surface area contributed by atoms with Crippen molar-refractivity contribution in [2.24, 2.45) is 0 Å². The molecule has 17 heavy (non-hydrogen) atoms. The second-order valence-corrected chi connectivity index (χ2v) is 3.97. The molecule has 1 heterocycles. The van der Waals surface area contributed by atoms with Crippen LogP contribution in [0.4, 0.5) is 10.5 Å². The fraction of sp³-hybridized carbons (Fsp3) is 0.333. The van der Waals surface area contributed by atoms with Crippen molar-refractivity contribution in [3.8, 4) is 0 Å². The number of amides is 3. The minimum Gasteiger partial charge on any atom is -0.341 e. The maximum atomic E-state index is 11.2. The molecule has 0 saturated heterocycles. The van der Waals surface area contributed by atoms with Crippen LogP contribution in [0.1, 0.15) is 17.5 Å². The quantitative estimate of drug-likeness (QED) is 0.713. The standard InChI is InChI=1S/C12H15N3O2/c1-13-12(17)14-7-8-2-4-10-9(6-8)3-5-11(16)15-10/h2,4,6H,3,5,7H2,1H3,(H,15,16)(H2,13,14,17). The van der Waals surface area contributed by atoms with Crippen molar-refractivity contribution >= 4 is 17.6 Å². The van der Waals surface area contributed by atoms with Crippen molar-refractivity contribution in [2.45, 2.75) is 19.4 Å². The Labute approximate surface area is 99.6 Å². The normalized spacial score (nSPS) is 13.6. The van der Waals surface area contributed by atoms with Gasteiger partial charge in [-0.2, -0.15) is 0 Å². The fourth-order valence-corrected chi connectivity index (χ4v) is 1.82. The Bertz CT molecular complexity index is 457. The van der Waals surface area contributed by atoms with Crippen LogP contribution in [0, 0.1) is 0 Å². The van der Waals surface area contributed by atoms with Crippen LogP contribution in [-0.2, 0) is 17.8 Å². The molecule has 0 aromatic heterocycles. The number of nitrogens with one attached hydrogen (secondary N) is 3. The molecule has 0 aliphatic carbocycles. The zero-order valence-electron chi connectivity index (χ0n) is 9.67. The van der Waals surface area contributed by atoms with Gasteiger partial charge in [0.2, 0.25) is 5.91 Å². The van der Waals surface area contributed by atoms with E-state index in [0.717, 1.165) is 23.2 Å². The molecule has 3 amide bonds. The minimum atomic E-state index is -0.198. The first-order valence-corrected chi connectivity index (χ1v) is 5.56. The van der Waals surface area contributed by atoms with Crippen LogP contribution in [0.2, 0.25) is 0 Å². The summed E-state index contributed by atoms with van der Waals surface area (Å²) in [7, 11) is 1.58. The highest BCUT2D eigenvalue weighted by Crippen LogP contribution is 2.23. The maximum absolute atomic E-state index is 11.2. The molecule has 3 N–H and O–H groups in total. The molecule has 0 fully saturated rings. The summed E-state index contributed by atoms with van der Waals surface area (Å²) in [5.41, 5.74) is 3.04. The molecule has 0 bridgehead atoms. The van der Waals surface area contributed by atoms with Crippen molar-refractivity contribution in [1.82, 2.24) is 10.6 Å². The zero-order chi connectivity index (χ0) is 12.3. The molecule has 0 spiro atoms. The molecule has 0 atom stereocenters. The van der Waals surface area contributed by atoms with Crippen molar-refractivity contribution in [1.29, 1.82) is 0 Å². The molecule has 1 aliphatic rings. The smallest absolute Gasteiger partial charge is 0.314 e. The Morgan fingerprint density at radius 1 is 1.41 bits per heavy atom. The number of anilines is 1. The number of hydrogen-bond acceptors (Lipinski definition) is 2. The molecule has 5 nitrogen and oxygen atoms in total. The van der Waals surface area contributed by atoms with Crippen molar-refractivity contribution in [3.05, 3.63) is 29.3 Å². The highest BCUT2D eigenvalue weighted by molar-refractivity contribution is 5.93. The summed E-state index contributed by atoms with van der Waals surface area (Å²) in [5.74, 6) is 0.0636. The number of benzene rings is 1. The van der Waals surface area contributed by atoms with E-state index in [4.69, 9.17) is 0 Å². The lowest BCUT2D eigenvalue weighted by Gasteiger charge is -2.17. The first-order chi connectivity index (χ1) is 8.19. The van der Waals surface area contributed by atoms with Crippen LogP contribution in [0.5, 0.6) is 0 Å². The van der Waals surface area contributed by atoms with Gasteiger partial charge in [-0.25, -0.2) is 4.79 Å². The van der Waals surface area contributed by atoms with Crippen LogP contribution in [-0.4, -0.2) is 19.0 Å². The van der Waals surface area contributed by atoms with Gasteiger partial charge in [-0.15, -0.1) is 0 Å². The van der Waals surface area contributed by atoms with Gasteiger partial charge < -0.3 is 16.0 Å². The van der Waals surface area contributed by atoms with E-state index in [2.05, 4.69) is 16.0 Å². The molecule has 0 unspecified atom stereocenters. The third-order valence-corrected chi connectivity index (χ3v) is 2.75. The monoisotopic (exact) mass is 233 g/mol. The molecule has 5 heteroatoms. The van der Waals surface area contributed by atoms with E-state index < -0.39 is 0 Å². The van der Waals surface area contributed by atoms with Gasteiger partial charge in [0.25, 0.3) is 0 Å². The van der Waals surface area contributed by atoms with Gasteiger partial charge in [0.15, 0.2) is 0 Å². The first kappa shape index (κ1) is 11.4. The van der Waals surface area contributed by atoms with Gasteiger partial charge in [0.05, 0.1) is 0 Å². The molecule has 2 rings (SSSR count). The summed E-state index contributed by atoms with van der Waals surface area (Å²) in [6, 6.07) is 5.61. The Morgan fingerprint density at radius 2 is 2.24 bits per heavy atom. The minimum absolute atomic E-state index is 0.0636. The summed E-state index contributed by atoms with van der Waals surface area (Å²) in [4.78, 5) is 22.2. The highest BCUT2D eigenvalue weighted by Gasteiger charge is 2.14. The van der Waals surface area contributed by atoms with E-state index >= 15 is 0 Å². The second kappa shape index (κ2) is 4.86. The van der Waals surface area contributed by atoms with Gasteiger partial charge in [0.1, 0.15) is 0 Å². The summed E-state index contributed by atoms with van der Waals surface area (Å²) in [6.45, 7) is 0.487. The van der Waals surface area contributed by atoms with Gasteiger partial charge in [-0.3, -0.25) is 4.79 Å². The summed E-state index contributed by atoms with van der Waals surface area (Å²) >= 11 is 0. The molecule has 0 saturated carbocycles. The Kier molecular flexibility index (Phi) is 3.27. The topological polar surface area (TPSA) is 70.2 Å². The number of hydrogen-bond donors (Lipinski definition) is 3. The molecule has 0 radical (unpaired) electrons. The van der Waals surface area contributed by atoms with E-state index in [0.29, 0.717) is 13.0 Å². The average molecular weight is 233 g/mol. The van der Waals surface area contributed by atoms with Crippen LogP contribution in [0.25, 0.3) is 0 Å². The number of urea groups is 1. The lowest BCUT2D eigenvalue weighted by atomic mass is 10.0. The third kappa shape index (κ3) is 2.75. The molecule has 1 aromatic carbocycles. The maximum Gasteiger partial charge on any atom is 0.314 e. The average Bonchev–Trinajstić information content (AvgIpc) is 2.35. The molecular formula is C12H15N3O2. The Morgan fingerprint density at radius 3 is 3.00 bits per heavy atom. The molecule has 1 aliphatic heterocycles.